The van der Waals surface area contributed by atoms with Crippen LogP contribution in [0.5, 0.6) is 0 Å². The third-order valence-electron chi connectivity index (χ3n) is 5.52. The third kappa shape index (κ3) is 4.76. The fraction of sp³-hybridized carbons (Fsp3) is 0.556. The Morgan fingerprint density at radius 2 is 2.00 bits per heavy atom. The maximum absolute atomic E-state index is 13.0. The van der Waals surface area contributed by atoms with Gasteiger partial charge in [0.05, 0.1) is 18.4 Å². The van der Waals surface area contributed by atoms with Crippen molar-refractivity contribution in [3.05, 3.63) is 12.7 Å². The average molecular weight is 448 g/mol. The number of hydrogen-bond acceptors (Lipinski definition) is 10. The summed E-state index contributed by atoms with van der Waals surface area (Å²) in [5.74, 6) is -1.70. The number of fused-ring (bicyclic) bond motifs is 1. The van der Waals surface area contributed by atoms with Gasteiger partial charge < -0.3 is 32.4 Å². The summed E-state index contributed by atoms with van der Waals surface area (Å²) < 4.78 is 1.47. The van der Waals surface area contributed by atoms with Crippen LogP contribution in [0.3, 0.4) is 0 Å². The van der Waals surface area contributed by atoms with E-state index in [0.717, 1.165) is 0 Å². The van der Waals surface area contributed by atoms with Gasteiger partial charge in [-0.2, -0.15) is 0 Å². The predicted molar refractivity (Wildman–Crippen MR) is 112 cm³/mol. The zero-order valence-electron chi connectivity index (χ0n) is 17.5. The number of carbonyl (C=O) groups excluding carboxylic acids is 3. The number of imidazole rings is 1. The number of carbonyl (C=O) groups is 3. The van der Waals surface area contributed by atoms with Crippen molar-refractivity contribution in [2.45, 2.75) is 50.4 Å². The number of aromatic nitrogens is 4. The van der Waals surface area contributed by atoms with Crippen molar-refractivity contribution in [1.29, 1.82) is 0 Å². The Morgan fingerprint density at radius 1 is 1.25 bits per heavy atom. The quantitative estimate of drug-likeness (QED) is 0.154. The van der Waals surface area contributed by atoms with E-state index in [1.165, 1.54) is 22.1 Å². The number of anilines is 1. The first kappa shape index (κ1) is 23.3. The number of likely N-dealkylation sites (tertiary alicyclic amines) is 1. The summed E-state index contributed by atoms with van der Waals surface area (Å²) >= 11 is 0. The third-order valence-corrected chi connectivity index (χ3v) is 5.52. The van der Waals surface area contributed by atoms with Gasteiger partial charge in [-0.15, -0.1) is 0 Å². The molecule has 1 aliphatic heterocycles. The predicted octanol–water partition coefficient (Wildman–Crippen LogP) is -2.46. The van der Waals surface area contributed by atoms with Gasteiger partial charge in [0.2, 0.25) is 11.8 Å². The SMILES string of the molecule is NCCCC[C@H](N)C(=O)N(O)[C@@H]1C[C@@H](C(N)=O)N(C(=O)Cn2cnc3c(N)ncnc32)C1. The fourth-order valence-corrected chi connectivity index (χ4v) is 3.77. The molecule has 2 aromatic rings. The maximum atomic E-state index is 13.0. The van der Waals surface area contributed by atoms with Crippen LogP contribution in [0, 0.1) is 0 Å². The maximum Gasteiger partial charge on any atom is 0.263 e. The van der Waals surface area contributed by atoms with Gasteiger partial charge in [-0.25, -0.2) is 20.0 Å². The van der Waals surface area contributed by atoms with Crippen molar-refractivity contribution >= 4 is 34.7 Å². The second kappa shape index (κ2) is 9.84. The first-order valence-corrected chi connectivity index (χ1v) is 10.2. The van der Waals surface area contributed by atoms with Crippen LogP contribution in [0.4, 0.5) is 5.82 Å². The standard InChI is InChI=1S/C18H28N10O4/c19-4-2-1-3-11(20)18(31)28(32)10-5-12(16(22)30)27(6-10)13(29)7-26-9-25-14-15(21)23-8-24-17(14)26/h8-12,32H,1-7,19-20H2,(H2,22,30)(H2,21,23,24)/t10-,11+,12+/m1/s1. The van der Waals surface area contributed by atoms with Crippen molar-refractivity contribution in [2.24, 2.45) is 17.2 Å². The van der Waals surface area contributed by atoms with Gasteiger partial charge in [0, 0.05) is 13.0 Å². The molecule has 3 amide bonds. The van der Waals surface area contributed by atoms with Crippen LogP contribution in [0.25, 0.3) is 11.2 Å². The van der Waals surface area contributed by atoms with Gasteiger partial charge >= 0.3 is 0 Å². The lowest BCUT2D eigenvalue weighted by Gasteiger charge is -2.25. The first-order chi connectivity index (χ1) is 15.2. The van der Waals surface area contributed by atoms with Gasteiger partial charge in [-0.3, -0.25) is 19.6 Å². The van der Waals surface area contributed by atoms with Crippen LogP contribution in [0.15, 0.2) is 12.7 Å². The van der Waals surface area contributed by atoms with Crippen molar-refractivity contribution in [1.82, 2.24) is 29.5 Å². The Kier molecular flexibility index (Phi) is 7.17. The lowest BCUT2D eigenvalue weighted by molar-refractivity contribution is -0.176. The Hall–Kier alpha value is -3.36. The van der Waals surface area contributed by atoms with Gasteiger partial charge in [0.1, 0.15) is 24.4 Å². The molecule has 0 unspecified atom stereocenters. The molecule has 174 valence electrons. The molecule has 0 aromatic carbocycles. The number of hydrogen-bond donors (Lipinski definition) is 5. The molecule has 2 aromatic heterocycles. The van der Waals surface area contributed by atoms with Crippen molar-refractivity contribution in [3.8, 4) is 0 Å². The molecule has 1 saturated heterocycles. The molecule has 3 heterocycles. The molecule has 9 N–H and O–H groups in total. The number of nitrogen functional groups attached to an aromatic ring is 1. The lowest BCUT2D eigenvalue weighted by Crippen LogP contribution is -2.48. The number of rotatable bonds is 9. The number of nitrogens with two attached hydrogens (primary N) is 4. The van der Waals surface area contributed by atoms with Crippen LogP contribution in [-0.4, -0.2) is 83.6 Å². The van der Waals surface area contributed by atoms with Gasteiger partial charge in [-0.05, 0) is 19.4 Å². The Morgan fingerprint density at radius 3 is 2.69 bits per heavy atom. The molecule has 0 bridgehead atoms. The van der Waals surface area contributed by atoms with E-state index in [2.05, 4.69) is 15.0 Å². The van der Waals surface area contributed by atoms with E-state index in [0.29, 0.717) is 42.0 Å². The highest BCUT2D eigenvalue weighted by atomic mass is 16.5. The number of unbranched alkanes of at least 4 members (excludes halogenated alkanes) is 1. The summed E-state index contributed by atoms with van der Waals surface area (Å²) in [6.07, 6.45) is 4.36. The molecular weight excluding hydrogens is 420 g/mol. The highest BCUT2D eigenvalue weighted by molar-refractivity contribution is 5.89. The summed E-state index contributed by atoms with van der Waals surface area (Å²) in [4.78, 5) is 50.7. The molecule has 1 aliphatic rings. The van der Waals surface area contributed by atoms with E-state index in [1.54, 1.807) is 0 Å². The summed E-state index contributed by atoms with van der Waals surface area (Å²) in [5.41, 5.74) is 23.3. The molecule has 0 aliphatic carbocycles. The van der Waals surface area contributed by atoms with E-state index >= 15 is 0 Å². The molecule has 1 fully saturated rings. The summed E-state index contributed by atoms with van der Waals surface area (Å²) in [7, 11) is 0. The van der Waals surface area contributed by atoms with E-state index < -0.39 is 35.8 Å². The second-order valence-electron chi connectivity index (χ2n) is 7.73. The van der Waals surface area contributed by atoms with Crippen LogP contribution >= 0.6 is 0 Å². The van der Waals surface area contributed by atoms with Crippen LogP contribution in [0.2, 0.25) is 0 Å². The minimum atomic E-state index is -0.988. The minimum absolute atomic E-state index is 0.00136. The molecule has 14 heteroatoms. The number of amides is 3. The first-order valence-electron chi connectivity index (χ1n) is 10.2. The van der Waals surface area contributed by atoms with Crippen LogP contribution < -0.4 is 22.9 Å². The molecule has 32 heavy (non-hydrogen) atoms. The Bertz CT molecular complexity index is 995. The van der Waals surface area contributed by atoms with E-state index in [1.807, 2.05) is 0 Å². The molecule has 0 spiro atoms. The molecule has 14 nitrogen and oxygen atoms in total. The zero-order valence-corrected chi connectivity index (χ0v) is 17.5. The molecule has 0 saturated carbocycles. The molecule has 3 rings (SSSR count). The summed E-state index contributed by atoms with van der Waals surface area (Å²) in [6.45, 7) is 0.212. The topological polar surface area (TPSA) is 226 Å². The van der Waals surface area contributed by atoms with E-state index in [-0.39, 0.29) is 25.3 Å². The summed E-state index contributed by atoms with van der Waals surface area (Å²) in [6, 6.07) is -2.72. The van der Waals surface area contributed by atoms with E-state index in [9.17, 15) is 19.6 Å². The van der Waals surface area contributed by atoms with Gasteiger partial charge in [-0.1, -0.05) is 6.42 Å². The molecule has 0 radical (unpaired) electrons. The van der Waals surface area contributed by atoms with Gasteiger partial charge in [0.25, 0.3) is 5.91 Å². The van der Waals surface area contributed by atoms with Crippen molar-refractivity contribution in [3.63, 3.8) is 0 Å². The smallest absolute Gasteiger partial charge is 0.263 e. The van der Waals surface area contributed by atoms with Crippen LogP contribution in [-0.2, 0) is 20.9 Å². The number of hydroxylamine groups is 2. The lowest BCUT2D eigenvalue weighted by atomic mass is 10.1. The molecular formula is C18H28N10O4. The average Bonchev–Trinajstić information content (AvgIpc) is 3.39. The van der Waals surface area contributed by atoms with Crippen molar-refractivity contribution < 1.29 is 19.6 Å². The Balaban J connectivity index is 1.70. The normalized spacial score (nSPS) is 19.3. The second-order valence-corrected chi connectivity index (χ2v) is 7.73. The fourth-order valence-electron chi connectivity index (χ4n) is 3.77. The zero-order chi connectivity index (χ0) is 23.4. The number of nitrogens with zero attached hydrogens (tertiary/aromatic N) is 6. The highest BCUT2D eigenvalue weighted by Gasteiger charge is 2.42. The molecule has 3 atom stereocenters. The number of primary amides is 1. The summed E-state index contributed by atoms with van der Waals surface area (Å²) in [5, 5.41) is 10.9. The monoisotopic (exact) mass is 448 g/mol. The van der Waals surface area contributed by atoms with Gasteiger partial charge in [0.15, 0.2) is 11.5 Å². The highest BCUT2D eigenvalue weighted by Crippen LogP contribution is 2.23. The van der Waals surface area contributed by atoms with Crippen molar-refractivity contribution in [2.75, 3.05) is 18.8 Å². The Labute approximate surface area is 183 Å². The van der Waals surface area contributed by atoms with Crippen LogP contribution in [0.1, 0.15) is 25.7 Å². The van der Waals surface area contributed by atoms with E-state index in [4.69, 9.17) is 22.9 Å². The minimum Gasteiger partial charge on any atom is -0.382 e. The largest absolute Gasteiger partial charge is 0.382 e.